The van der Waals surface area contributed by atoms with Crippen LogP contribution in [-0.4, -0.2) is 39.9 Å². The van der Waals surface area contributed by atoms with E-state index in [1.807, 2.05) is 13.8 Å². The molecular formula is C12H17ClN4O. The maximum absolute atomic E-state index is 12.3. The zero-order valence-electron chi connectivity index (χ0n) is 10.6. The van der Waals surface area contributed by atoms with Gasteiger partial charge < -0.3 is 10.6 Å². The van der Waals surface area contributed by atoms with Gasteiger partial charge in [0, 0.05) is 25.0 Å². The second kappa shape index (κ2) is 5.20. The highest BCUT2D eigenvalue weighted by molar-refractivity contribution is 6.33. The van der Waals surface area contributed by atoms with Gasteiger partial charge in [-0.3, -0.25) is 4.79 Å². The molecule has 1 aromatic heterocycles. The van der Waals surface area contributed by atoms with Crippen LogP contribution in [-0.2, 0) is 0 Å². The Labute approximate surface area is 111 Å². The molecule has 0 radical (unpaired) electrons. The number of nitrogens with two attached hydrogens (primary N) is 1. The second-order valence-electron chi connectivity index (χ2n) is 4.88. The van der Waals surface area contributed by atoms with E-state index in [0.29, 0.717) is 23.9 Å². The molecule has 1 atom stereocenters. The van der Waals surface area contributed by atoms with Gasteiger partial charge in [-0.25, -0.2) is 9.97 Å². The number of amides is 1. The highest BCUT2D eigenvalue weighted by atomic mass is 35.5. The molecule has 1 fully saturated rings. The lowest BCUT2D eigenvalue weighted by molar-refractivity contribution is 0.0784. The van der Waals surface area contributed by atoms with Gasteiger partial charge in [0.2, 0.25) is 0 Å². The average molecular weight is 269 g/mol. The lowest BCUT2D eigenvalue weighted by Gasteiger charge is -2.16. The van der Waals surface area contributed by atoms with E-state index in [2.05, 4.69) is 9.97 Å². The number of hydrogen-bond acceptors (Lipinski definition) is 4. The molecule has 2 heterocycles. The number of nitrogens with zero attached hydrogens (tertiary/aromatic N) is 3. The minimum Gasteiger partial charge on any atom is -0.336 e. The lowest BCUT2D eigenvalue weighted by Crippen LogP contribution is -2.32. The van der Waals surface area contributed by atoms with Crippen LogP contribution in [0.5, 0.6) is 0 Å². The van der Waals surface area contributed by atoms with E-state index < -0.39 is 0 Å². The monoisotopic (exact) mass is 268 g/mol. The van der Waals surface area contributed by atoms with Gasteiger partial charge in [0.05, 0.1) is 11.2 Å². The molecule has 1 aromatic rings. The first kappa shape index (κ1) is 13.2. The summed E-state index contributed by atoms with van der Waals surface area (Å²) < 4.78 is 0. The quantitative estimate of drug-likeness (QED) is 0.881. The maximum atomic E-state index is 12.3. The molecule has 1 amide bonds. The second-order valence-corrected chi connectivity index (χ2v) is 5.29. The third kappa shape index (κ3) is 2.62. The van der Waals surface area contributed by atoms with E-state index in [0.717, 1.165) is 6.42 Å². The van der Waals surface area contributed by atoms with Crippen molar-refractivity contribution < 1.29 is 4.79 Å². The highest BCUT2D eigenvalue weighted by Gasteiger charge is 2.27. The third-order valence-electron chi connectivity index (χ3n) is 2.99. The summed E-state index contributed by atoms with van der Waals surface area (Å²) in [5, 5.41) is 0.296. The molecule has 2 rings (SSSR count). The molecule has 18 heavy (non-hydrogen) atoms. The van der Waals surface area contributed by atoms with E-state index in [-0.39, 0.29) is 23.6 Å². The summed E-state index contributed by atoms with van der Waals surface area (Å²) in [5.74, 6) is 0.637. The van der Waals surface area contributed by atoms with Crippen molar-refractivity contribution in [1.82, 2.24) is 14.9 Å². The molecule has 98 valence electrons. The summed E-state index contributed by atoms with van der Waals surface area (Å²) in [6, 6.07) is 0.0548. The van der Waals surface area contributed by atoms with Crippen LogP contribution in [0.25, 0.3) is 0 Å². The van der Waals surface area contributed by atoms with Crippen LogP contribution in [0.1, 0.15) is 42.5 Å². The van der Waals surface area contributed by atoms with Crippen LogP contribution in [0.15, 0.2) is 6.20 Å². The Morgan fingerprint density at radius 2 is 2.33 bits per heavy atom. The SMILES string of the molecule is CC(C)c1ncc(Cl)c(C(=O)N2CC[C@@H](N)C2)n1. The van der Waals surface area contributed by atoms with Gasteiger partial charge in [0.25, 0.3) is 5.91 Å². The van der Waals surface area contributed by atoms with Gasteiger partial charge in [-0.1, -0.05) is 25.4 Å². The van der Waals surface area contributed by atoms with Gasteiger partial charge in [-0.2, -0.15) is 0 Å². The standard InChI is InChI=1S/C12H17ClN4O/c1-7(2)11-15-5-9(13)10(16-11)12(18)17-4-3-8(14)6-17/h5,7-8H,3-4,6,14H2,1-2H3/t8-/m1/s1. The first-order valence-corrected chi connectivity index (χ1v) is 6.44. The number of aromatic nitrogens is 2. The Morgan fingerprint density at radius 1 is 1.61 bits per heavy atom. The van der Waals surface area contributed by atoms with Crippen molar-refractivity contribution in [2.75, 3.05) is 13.1 Å². The first-order chi connectivity index (χ1) is 8.49. The summed E-state index contributed by atoms with van der Waals surface area (Å²) >= 11 is 6.01. The van der Waals surface area contributed by atoms with Crippen molar-refractivity contribution in [2.45, 2.75) is 32.2 Å². The number of rotatable bonds is 2. The van der Waals surface area contributed by atoms with Gasteiger partial charge in [-0.15, -0.1) is 0 Å². The van der Waals surface area contributed by atoms with Crippen LogP contribution in [0.3, 0.4) is 0 Å². The first-order valence-electron chi connectivity index (χ1n) is 6.06. The van der Waals surface area contributed by atoms with E-state index in [9.17, 15) is 4.79 Å². The number of hydrogen-bond donors (Lipinski definition) is 1. The van der Waals surface area contributed by atoms with Crippen molar-refractivity contribution in [3.05, 3.63) is 22.7 Å². The Kier molecular flexibility index (Phi) is 3.82. The smallest absolute Gasteiger partial charge is 0.274 e. The molecule has 6 heteroatoms. The molecule has 1 aliphatic rings. The van der Waals surface area contributed by atoms with Crippen LogP contribution in [0.2, 0.25) is 5.02 Å². The zero-order valence-corrected chi connectivity index (χ0v) is 11.3. The molecule has 5 nitrogen and oxygen atoms in total. The van der Waals surface area contributed by atoms with Crippen molar-refractivity contribution in [1.29, 1.82) is 0 Å². The topological polar surface area (TPSA) is 72.1 Å². The average Bonchev–Trinajstić information content (AvgIpc) is 2.75. The van der Waals surface area contributed by atoms with Crippen LogP contribution < -0.4 is 5.73 Å². The molecule has 1 saturated heterocycles. The highest BCUT2D eigenvalue weighted by Crippen LogP contribution is 2.19. The molecular weight excluding hydrogens is 252 g/mol. The van der Waals surface area contributed by atoms with Gasteiger partial charge in [-0.05, 0) is 6.42 Å². The number of halogens is 1. The van der Waals surface area contributed by atoms with E-state index in [1.165, 1.54) is 6.20 Å². The van der Waals surface area contributed by atoms with Crippen LogP contribution in [0, 0.1) is 0 Å². The lowest BCUT2D eigenvalue weighted by atomic mass is 10.2. The minimum atomic E-state index is -0.155. The molecule has 0 aliphatic carbocycles. The number of likely N-dealkylation sites (tertiary alicyclic amines) is 1. The Balaban J connectivity index is 2.26. The largest absolute Gasteiger partial charge is 0.336 e. The summed E-state index contributed by atoms with van der Waals surface area (Å²) in [7, 11) is 0. The van der Waals surface area contributed by atoms with Crippen molar-refractivity contribution in [3.8, 4) is 0 Å². The van der Waals surface area contributed by atoms with Gasteiger partial charge in [0.1, 0.15) is 5.82 Å². The van der Waals surface area contributed by atoms with Gasteiger partial charge >= 0.3 is 0 Å². The fraction of sp³-hybridized carbons (Fsp3) is 0.583. The summed E-state index contributed by atoms with van der Waals surface area (Å²) in [4.78, 5) is 22.4. The fourth-order valence-electron chi connectivity index (χ4n) is 1.93. The minimum absolute atomic E-state index is 0.0548. The zero-order chi connectivity index (χ0) is 13.3. The van der Waals surface area contributed by atoms with Crippen molar-refractivity contribution in [3.63, 3.8) is 0 Å². The Morgan fingerprint density at radius 3 is 2.89 bits per heavy atom. The third-order valence-corrected chi connectivity index (χ3v) is 3.27. The van der Waals surface area contributed by atoms with Crippen LogP contribution in [0.4, 0.5) is 0 Å². The fourth-order valence-corrected chi connectivity index (χ4v) is 2.10. The normalized spacial score (nSPS) is 19.6. The molecule has 0 bridgehead atoms. The number of carbonyl (C=O) groups is 1. The predicted molar refractivity (Wildman–Crippen MR) is 69.6 cm³/mol. The van der Waals surface area contributed by atoms with E-state index in [4.69, 9.17) is 17.3 Å². The molecule has 0 spiro atoms. The number of carbonyl (C=O) groups excluding carboxylic acids is 1. The molecule has 0 aromatic carbocycles. The molecule has 0 unspecified atom stereocenters. The van der Waals surface area contributed by atoms with E-state index in [1.54, 1.807) is 4.90 Å². The molecule has 0 saturated carbocycles. The van der Waals surface area contributed by atoms with Crippen LogP contribution >= 0.6 is 11.6 Å². The van der Waals surface area contributed by atoms with Crippen molar-refractivity contribution >= 4 is 17.5 Å². The summed E-state index contributed by atoms with van der Waals surface area (Å²) in [5.41, 5.74) is 6.08. The molecule has 1 aliphatic heterocycles. The Hall–Kier alpha value is -1.20. The van der Waals surface area contributed by atoms with Gasteiger partial charge in [0.15, 0.2) is 5.69 Å². The maximum Gasteiger partial charge on any atom is 0.274 e. The summed E-state index contributed by atoms with van der Waals surface area (Å²) in [6.07, 6.45) is 2.32. The predicted octanol–water partition coefficient (Wildman–Crippen LogP) is 1.43. The molecule has 2 N–H and O–H groups in total. The Bertz CT molecular complexity index is 463. The summed E-state index contributed by atoms with van der Waals surface area (Å²) in [6.45, 7) is 5.18. The van der Waals surface area contributed by atoms with Crippen molar-refractivity contribution in [2.24, 2.45) is 5.73 Å². The van der Waals surface area contributed by atoms with E-state index >= 15 is 0 Å².